The van der Waals surface area contributed by atoms with Crippen LogP contribution in [0.15, 0.2) is 42.7 Å². The Kier molecular flexibility index (Phi) is 3.54. The van der Waals surface area contributed by atoms with E-state index in [0.29, 0.717) is 12.1 Å². The van der Waals surface area contributed by atoms with E-state index in [0.717, 1.165) is 35.4 Å². The van der Waals surface area contributed by atoms with E-state index in [1.807, 2.05) is 30.3 Å². The average molecular weight is 306 g/mol. The van der Waals surface area contributed by atoms with Gasteiger partial charge in [0, 0.05) is 37.5 Å². The molecule has 0 unspecified atom stereocenters. The molecule has 5 heteroatoms. The van der Waals surface area contributed by atoms with Crippen molar-refractivity contribution in [2.45, 2.75) is 32.4 Å². The average Bonchev–Trinajstić information content (AvgIpc) is 2.98. The predicted molar refractivity (Wildman–Crippen MR) is 88.1 cm³/mol. The van der Waals surface area contributed by atoms with Crippen molar-refractivity contribution >= 4 is 16.9 Å². The summed E-state index contributed by atoms with van der Waals surface area (Å²) < 4.78 is 2.27. The van der Waals surface area contributed by atoms with Crippen molar-refractivity contribution in [2.75, 3.05) is 0 Å². The van der Waals surface area contributed by atoms with Gasteiger partial charge in [-0.1, -0.05) is 6.07 Å². The maximum atomic E-state index is 12.3. The van der Waals surface area contributed by atoms with E-state index < -0.39 is 0 Å². The number of amides is 1. The Morgan fingerprint density at radius 2 is 2.22 bits per heavy atom. The minimum absolute atomic E-state index is 0.0817. The number of rotatable bonds is 3. The van der Waals surface area contributed by atoms with Crippen LogP contribution in [0.2, 0.25) is 0 Å². The summed E-state index contributed by atoms with van der Waals surface area (Å²) in [7, 11) is 0. The Morgan fingerprint density at radius 3 is 3.09 bits per heavy atom. The molecular formula is C18H18N4O. The molecule has 1 aliphatic heterocycles. The third-order valence-electron chi connectivity index (χ3n) is 4.30. The SMILES string of the molecule is O=C(NCc1cccnc1)c1ccc2c(c1)nc1n2CCCC1. The van der Waals surface area contributed by atoms with E-state index in [4.69, 9.17) is 0 Å². The van der Waals surface area contributed by atoms with Crippen LogP contribution in [0.25, 0.3) is 11.0 Å². The smallest absolute Gasteiger partial charge is 0.251 e. The molecule has 5 nitrogen and oxygen atoms in total. The van der Waals surface area contributed by atoms with E-state index in [2.05, 4.69) is 19.9 Å². The van der Waals surface area contributed by atoms with Crippen LogP contribution in [0, 0.1) is 0 Å². The van der Waals surface area contributed by atoms with Gasteiger partial charge in [0.15, 0.2) is 0 Å². The first-order valence-electron chi connectivity index (χ1n) is 7.97. The second-order valence-electron chi connectivity index (χ2n) is 5.88. The Labute approximate surface area is 134 Å². The third kappa shape index (κ3) is 2.70. The van der Waals surface area contributed by atoms with E-state index in [1.165, 1.54) is 12.8 Å². The Hall–Kier alpha value is -2.69. The Bertz CT molecular complexity index is 854. The van der Waals surface area contributed by atoms with Gasteiger partial charge in [-0.05, 0) is 42.7 Å². The molecule has 0 saturated heterocycles. The van der Waals surface area contributed by atoms with Crippen molar-refractivity contribution in [2.24, 2.45) is 0 Å². The molecule has 3 aromatic rings. The predicted octanol–water partition coefficient (Wildman–Crippen LogP) is 2.70. The number of carbonyl (C=O) groups excluding carboxylic acids is 1. The highest BCUT2D eigenvalue weighted by atomic mass is 16.1. The summed E-state index contributed by atoms with van der Waals surface area (Å²) >= 11 is 0. The van der Waals surface area contributed by atoms with Gasteiger partial charge in [-0.2, -0.15) is 0 Å². The molecule has 0 spiro atoms. The van der Waals surface area contributed by atoms with Crippen molar-refractivity contribution in [3.63, 3.8) is 0 Å². The minimum Gasteiger partial charge on any atom is -0.348 e. The molecule has 1 aromatic carbocycles. The molecule has 0 fully saturated rings. The summed E-state index contributed by atoms with van der Waals surface area (Å²) in [6.07, 6.45) is 6.90. The van der Waals surface area contributed by atoms with Crippen LogP contribution in [0.4, 0.5) is 0 Å². The molecule has 3 heterocycles. The molecule has 0 aliphatic carbocycles. The first kappa shape index (κ1) is 13.9. The molecule has 0 bridgehead atoms. The molecule has 1 amide bonds. The van der Waals surface area contributed by atoms with Crippen molar-refractivity contribution in [3.05, 3.63) is 59.7 Å². The standard InChI is InChI=1S/C18H18N4O/c23-18(20-12-13-4-3-8-19-11-13)14-6-7-16-15(10-14)21-17-5-1-2-9-22(16)17/h3-4,6-8,10-11H,1-2,5,9,12H2,(H,20,23). The number of fused-ring (bicyclic) bond motifs is 3. The Balaban J connectivity index is 1.55. The summed E-state index contributed by atoms with van der Waals surface area (Å²) in [4.78, 5) is 21.1. The van der Waals surface area contributed by atoms with Crippen molar-refractivity contribution in [3.8, 4) is 0 Å². The van der Waals surface area contributed by atoms with Crippen LogP contribution in [-0.2, 0) is 19.5 Å². The fraction of sp³-hybridized carbons (Fsp3) is 0.278. The number of hydrogen-bond donors (Lipinski definition) is 1. The molecule has 4 rings (SSSR count). The summed E-state index contributed by atoms with van der Waals surface area (Å²) in [6.45, 7) is 1.50. The molecule has 0 radical (unpaired) electrons. The molecule has 0 atom stereocenters. The fourth-order valence-corrected chi connectivity index (χ4v) is 3.10. The number of aryl methyl sites for hydroxylation is 2. The first-order chi connectivity index (χ1) is 11.3. The zero-order valence-electron chi connectivity index (χ0n) is 12.8. The van der Waals surface area contributed by atoms with Crippen molar-refractivity contribution in [1.82, 2.24) is 19.9 Å². The van der Waals surface area contributed by atoms with Crippen LogP contribution >= 0.6 is 0 Å². The van der Waals surface area contributed by atoms with E-state index >= 15 is 0 Å². The van der Waals surface area contributed by atoms with Crippen molar-refractivity contribution in [1.29, 1.82) is 0 Å². The second kappa shape index (κ2) is 5.83. The van der Waals surface area contributed by atoms with Crippen LogP contribution in [0.1, 0.15) is 34.6 Å². The molecule has 1 N–H and O–H groups in total. The second-order valence-corrected chi connectivity index (χ2v) is 5.88. The summed E-state index contributed by atoms with van der Waals surface area (Å²) in [5.41, 5.74) is 3.68. The molecule has 0 saturated carbocycles. The highest BCUT2D eigenvalue weighted by Gasteiger charge is 2.16. The lowest BCUT2D eigenvalue weighted by Gasteiger charge is -2.13. The van der Waals surface area contributed by atoms with Gasteiger partial charge in [0.25, 0.3) is 5.91 Å². The van der Waals surface area contributed by atoms with Gasteiger partial charge in [0.2, 0.25) is 0 Å². The monoisotopic (exact) mass is 306 g/mol. The summed E-state index contributed by atoms with van der Waals surface area (Å²) in [5.74, 6) is 1.06. The number of aromatic nitrogens is 3. The zero-order chi connectivity index (χ0) is 15.6. The summed E-state index contributed by atoms with van der Waals surface area (Å²) in [5, 5.41) is 2.93. The minimum atomic E-state index is -0.0817. The molecular weight excluding hydrogens is 288 g/mol. The van der Waals surface area contributed by atoms with Gasteiger partial charge in [-0.25, -0.2) is 4.98 Å². The van der Waals surface area contributed by atoms with Crippen LogP contribution < -0.4 is 5.32 Å². The van der Waals surface area contributed by atoms with Crippen LogP contribution in [0.3, 0.4) is 0 Å². The van der Waals surface area contributed by atoms with Crippen LogP contribution in [-0.4, -0.2) is 20.4 Å². The molecule has 2 aromatic heterocycles. The number of nitrogens with zero attached hydrogens (tertiary/aromatic N) is 3. The largest absolute Gasteiger partial charge is 0.348 e. The number of imidazole rings is 1. The van der Waals surface area contributed by atoms with Crippen molar-refractivity contribution < 1.29 is 4.79 Å². The fourth-order valence-electron chi connectivity index (χ4n) is 3.10. The number of benzene rings is 1. The van der Waals surface area contributed by atoms with Gasteiger partial charge in [-0.15, -0.1) is 0 Å². The normalized spacial score (nSPS) is 13.7. The number of nitrogens with one attached hydrogen (secondary N) is 1. The number of hydrogen-bond acceptors (Lipinski definition) is 3. The van der Waals surface area contributed by atoms with Gasteiger partial charge in [0.1, 0.15) is 5.82 Å². The Morgan fingerprint density at radius 1 is 1.26 bits per heavy atom. The van der Waals surface area contributed by atoms with E-state index in [9.17, 15) is 4.79 Å². The number of pyridine rings is 1. The zero-order valence-corrected chi connectivity index (χ0v) is 12.8. The molecule has 23 heavy (non-hydrogen) atoms. The number of carbonyl (C=O) groups is 1. The first-order valence-corrected chi connectivity index (χ1v) is 7.97. The molecule has 116 valence electrons. The molecule has 1 aliphatic rings. The lowest BCUT2D eigenvalue weighted by molar-refractivity contribution is 0.0951. The van der Waals surface area contributed by atoms with Gasteiger partial charge < -0.3 is 9.88 Å². The maximum absolute atomic E-state index is 12.3. The van der Waals surface area contributed by atoms with Gasteiger partial charge in [0.05, 0.1) is 11.0 Å². The topological polar surface area (TPSA) is 59.8 Å². The van der Waals surface area contributed by atoms with E-state index in [1.54, 1.807) is 12.4 Å². The quantitative estimate of drug-likeness (QED) is 0.809. The van der Waals surface area contributed by atoms with E-state index in [-0.39, 0.29) is 5.91 Å². The highest BCUT2D eigenvalue weighted by molar-refractivity contribution is 5.97. The van der Waals surface area contributed by atoms with Gasteiger partial charge >= 0.3 is 0 Å². The summed E-state index contributed by atoms with van der Waals surface area (Å²) in [6, 6.07) is 9.59. The maximum Gasteiger partial charge on any atom is 0.251 e. The lowest BCUT2D eigenvalue weighted by atomic mass is 10.1. The highest BCUT2D eigenvalue weighted by Crippen LogP contribution is 2.23. The third-order valence-corrected chi connectivity index (χ3v) is 4.30. The van der Waals surface area contributed by atoms with Crippen LogP contribution in [0.5, 0.6) is 0 Å². The van der Waals surface area contributed by atoms with Gasteiger partial charge in [-0.3, -0.25) is 9.78 Å². The lowest BCUT2D eigenvalue weighted by Crippen LogP contribution is -2.22.